The molecule has 6 heteroatoms. The van der Waals surface area contributed by atoms with E-state index < -0.39 is 0 Å². The van der Waals surface area contributed by atoms with E-state index in [4.69, 9.17) is 4.74 Å². The van der Waals surface area contributed by atoms with Crippen LogP contribution in [-0.2, 0) is 0 Å². The van der Waals surface area contributed by atoms with Gasteiger partial charge in [0.2, 0.25) is 0 Å². The fourth-order valence-electron chi connectivity index (χ4n) is 3.18. The van der Waals surface area contributed by atoms with Crippen LogP contribution in [0.4, 0.5) is 0 Å². The number of fused-ring (bicyclic) bond motifs is 1. The van der Waals surface area contributed by atoms with Crippen molar-refractivity contribution in [1.29, 1.82) is 0 Å². The molecule has 3 heterocycles. The molecule has 0 radical (unpaired) electrons. The molecule has 1 aromatic carbocycles. The summed E-state index contributed by atoms with van der Waals surface area (Å²) in [4.78, 5) is 20.9. The lowest BCUT2D eigenvalue weighted by Crippen LogP contribution is -1.94. The topological polar surface area (TPSA) is 76.6 Å². The van der Waals surface area contributed by atoms with Gasteiger partial charge >= 0.3 is 0 Å². The number of hydrogen-bond acceptors (Lipinski definition) is 5. The van der Waals surface area contributed by atoms with E-state index in [1.807, 2.05) is 19.2 Å². The summed E-state index contributed by atoms with van der Waals surface area (Å²) in [7, 11) is 1.69. The minimum Gasteiger partial charge on any atom is -0.496 e. The lowest BCUT2D eigenvalue weighted by Gasteiger charge is -2.13. The van der Waals surface area contributed by atoms with Crippen LogP contribution >= 0.6 is 0 Å². The molecule has 4 rings (SSSR count). The summed E-state index contributed by atoms with van der Waals surface area (Å²) in [6.07, 6.45) is 5.38. The monoisotopic (exact) mass is 345 g/mol. The molecule has 0 fully saturated rings. The third-order valence-electron chi connectivity index (χ3n) is 4.52. The van der Waals surface area contributed by atoms with Gasteiger partial charge in [-0.1, -0.05) is 6.07 Å². The Balaban J connectivity index is 1.83. The van der Waals surface area contributed by atoms with Crippen LogP contribution in [0, 0.1) is 20.8 Å². The quantitative estimate of drug-likeness (QED) is 0.607. The summed E-state index contributed by atoms with van der Waals surface area (Å²) < 4.78 is 5.47. The molecule has 0 spiro atoms. The van der Waals surface area contributed by atoms with Gasteiger partial charge in [-0.3, -0.25) is 0 Å². The van der Waals surface area contributed by atoms with Crippen molar-refractivity contribution in [3.05, 3.63) is 53.7 Å². The SMILES string of the molecule is COc1ccc(C)c(-c2cnc3nc(-c4cnc(C)nc4)[nH]c3c2)c1C. The maximum absolute atomic E-state index is 5.47. The van der Waals surface area contributed by atoms with E-state index >= 15 is 0 Å². The molecule has 26 heavy (non-hydrogen) atoms. The van der Waals surface area contributed by atoms with Crippen LogP contribution in [0.5, 0.6) is 5.75 Å². The number of methoxy groups -OCH3 is 1. The fourth-order valence-corrected chi connectivity index (χ4v) is 3.18. The molecule has 4 aromatic rings. The van der Waals surface area contributed by atoms with Crippen molar-refractivity contribution in [3.8, 4) is 28.3 Å². The van der Waals surface area contributed by atoms with Gasteiger partial charge in [0.15, 0.2) is 5.65 Å². The zero-order chi connectivity index (χ0) is 18.3. The number of aryl methyl sites for hydroxylation is 2. The summed E-state index contributed by atoms with van der Waals surface area (Å²) >= 11 is 0. The first kappa shape index (κ1) is 16.2. The maximum atomic E-state index is 5.47. The molecule has 0 aliphatic carbocycles. The summed E-state index contributed by atoms with van der Waals surface area (Å²) in [5, 5.41) is 0. The molecule has 3 aromatic heterocycles. The third kappa shape index (κ3) is 2.69. The molecular formula is C20H19N5O. The maximum Gasteiger partial charge on any atom is 0.178 e. The highest BCUT2D eigenvalue weighted by molar-refractivity contribution is 5.83. The van der Waals surface area contributed by atoms with Crippen LogP contribution in [0.2, 0.25) is 0 Å². The largest absolute Gasteiger partial charge is 0.496 e. The minimum absolute atomic E-state index is 0.669. The van der Waals surface area contributed by atoms with E-state index in [1.54, 1.807) is 19.5 Å². The van der Waals surface area contributed by atoms with Crippen molar-refractivity contribution < 1.29 is 4.74 Å². The average molecular weight is 345 g/mol. The van der Waals surface area contributed by atoms with Gasteiger partial charge in [-0.2, -0.15) is 0 Å². The number of H-pyrrole nitrogens is 1. The van der Waals surface area contributed by atoms with Gasteiger partial charge in [0, 0.05) is 24.2 Å². The van der Waals surface area contributed by atoms with Crippen molar-refractivity contribution >= 4 is 11.2 Å². The molecule has 0 bridgehead atoms. The van der Waals surface area contributed by atoms with Gasteiger partial charge < -0.3 is 9.72 Å². The Bertz CT molecular complexity index is 1100. The van der Waals surface area contributed by atoms with Crippen LogP contribution in [-0.4, -0.2) is 32.0 Å². The number of pyridine rings is 1. The molecule has 0 aliphatic rings. The first-order valence-corrected chi connectivity index (χ1v) is 8.36. The highest BCUT2D eigenvalue weighted by Crippen LogP contribution is 2.34. The standard InChI is InChI=1S/C20H19N5O/c1-11-5-6-17(26-4)12(2)18(11)14-7-16-20(23-8-14)25-19(24-16)15-9-21-13(3)22-10-15/h5-10H,1-4H3,(H,23,24,25). The van der Waals surface area contributed by atoms with Crippen LogP contribution in [0.3, 0.4) is 0 Å². The van der Waals surface area contributed by atoms with Crippen molar-refractivity contribution in [2.75, 3.05) is 7.11 Å². The number of aromatic nitrogens is 5. The van der Waals surface area contributed by atoms with Gasteiger partial charge in [0.05, 0.1) is 18.2 Å². The molecule has 0 unspecified atom stereocenters. The van der Waals surface area contributed by atoms with Crippen LogP contribution in [0.1, 0.15) is 17.0 Å². The first-order chi connectivity index (χ1) is 12.6. The van der Waals surface area contributed by atoms with E-state index in [0.29, 0.717) is 11.5 Å². The Morgan fingerprint density at radius 3 is 2.38 bits per heavy atom. The second-order valence-corrected chi connectivity index (χ2v) is 6.28. The predicted octanol–water partition coefficient (Wildman–Crippen LogP) is 4.02. The smallest absolute Gasteiger partial charge is 0.178 e. The number of nitrogens with one attached hydrogen (secondary N) is 1. The Labute approximate surface area is 151 Å². The number of benzene rings is 1. The van der Waals surface area contributed by atoms with Gasteiger partial charge in [0.1, 0.15) is 17.4 Å². The summed E-state index contributed by atoms with van der Waals surface area (Å²) in [6, 6.07) is 6.13. The van der Waals surface area contributed by atoms with Crippen molar-refractivity contribution in [1.82, 2.24) is 24.9 Å². The average Bonchev–Trinajstić information content (AvgIpc) is 3.06. The zero-order valence-corrected chi connectivity index (χ0v) is 15.2. The molecule has 0 aliphatic heterocycles. The van der Waals surface area contributed by atoms with Crippen LogP contribution in [0.25, 0.3) is 33.7 Å². The number of ether oxygens (including phenoxy) is 1. The van der Waals surface area contributed by atoms with Crippen LogP contribution in [0.15, 0.2) is 36.8 Å². The second-order valence-electron chi connectivity index (χ2n) is 6.28. The molecule has 6 nitrogen and oxygen atoms in total. The number of imidazole rings is 1. The number of hydrogen-bond donors (Lipinski definition) is 1. The Morgan fingerprint density at radius 1 is 0.923 bits per heavy atom. The third-order valence-corrected chi connectivity index (χ3v) is 4.52. The number of rotatable bonds is 3. The molecule has 1 N–H and O–H groups in total. The van der Waals surface area contributed by atoms with E-state index in [2.05, 4.69) is 50.9 Å². The Hall–Kier alpha value is -3.28. The van der Waals surface area contributed by atoms with Gasteiger partial charge in [-0.25, -0.2) is 19.9 Å². The highest BCUT2D eigenvalue weighted by Gasteiger charge is 2.13. The van der Waals surface area contributed by atoms with Gasteiger partial charge in [-0.05, 0) is 49.6 Å². The Morgan fingerprint density at radius 2 is 1.65 bits per heavy atom. The summed E-state index contributed by atoms with van der Waals surface area (Å²) in [5.41, 5.74) is 6.82. The minimum atomic E-state index is 0.669. The van der Waals surface area contributed by atoms with Gasteiger partial charge in [0.25, 0.3) is 0 Å². The van der Waals surface area contributed by atoms with Crippen LogP contribution < -0.4 is 4.74 Å². The fraction of sp³-hybridized carbons (Fsp3) is 0.200. The normalized spacial score (nSPS) is 11.1. The molecular weight excluding hydrogens is 326 g/mol. The van der Waals surface area contributed by atoms with Gasteiger partial charge in [-0.15, -0.1) is 0 Å². The van der Waals surface area contributed by atoms with Crippen molar-refractivity contribution in [3.63, 3.8) is 0 Å². The summed E-state index contributed by atoms with van der Waals surface area (Å²) in [6.45, 7) is 6.01. The van der Waals surface area contributed by atoms with E-state index in [-0.39, 0.29) is 0 Å². The van der Waals surface area contributed by atoms with E-state index in [9.17, 15) is 0 Å². The summed E-state index contributed by atoms with van der Waals surface area (Å²) in [5.74, 6) is 2.31. The first-order valence-electron chi connectivity index (χ1n) is 8.36. The number of aromatic amines is 1. The molecule has 0 saturated heterocycles. The lowest BCUT2D eigenvalue weighted by molar-refractivity contribution is 0.412. The lowest BCUT2D eigenvalue weighted by atomic mass is 9.96. The molecule has 0 amide bonds. The number of nitrogens with zero attached hydrogens (tertiary/aromatic N) is 4. The van der Waals surface area contributed by atoms with E-state index in [0.717, 1.165) is 39.3 Å². The Kier molecular flexibility index (Phi) is 3.88. The molecule has 130 valence electrons. The predicted molar refractivity (Wildman–Crippen MR) is 101 cm³/mol. The van der Waals surface area contributed by atoms with Crippen molar-refractivity contribution in [2.45, 2.75) is 20.8 Å². The van der Waals surface area contributed by atoms with E-state index in [1.165, 1.54) is 5.56 Å². The highest BCUT2D eigenvalue weighted by atomic mass is 16.5. The zero-order valence-electron chi connectivity index (χ0n) is 15.2. The second kappa shape index (κ2) is 6.22. The van der Waals surface area contributed by atoms with Crippen molar-refractivity contribution in [2.24, 2.45) is 0 Å². The molecule has 0 atom stereocenters. The molecule has 0 saturated carbocycles.